The van der Waals surface area contributed by atoms with Gasteiger partial charge in [0, 0.05) is 11.6 Å². The molecule has 4 nitrogen and oxygen atoms in total. The topological polar surface area (TPSA) is 65.2 Å². The molecule has 1 heterocycles. The molecule has 0 atom stereocenters. The Morgan fingerprint density at radius 3 is 2.94 bits per heavy atom. The molecule has 0 aliphatic carbocycles. The van der Waals surface area contributed by atoms with E-state index in [-0.39, 0.29) is 5.97 Å². The highest BCUT2D eigenvalue weighted by Gasteiger charge is 2.06. The van der Waals surface area contributed by atoms with E-state index in [4.69, 9.17) is 10.5 Å². The third-order valence-corrected chi connectivity index (χ3v) is 2.25. The van der Waals surface area contributed by atoms with Crippen LogP contribution in [0.2, 0.25) is 0 Å². The number of fused-ring (bicyclic) bond motifs is 1. The second kappa shape index (κ2) is 4.18. The van der Waals surface area contributed by atoms with Crippen molar-refractivity contribution < 1.29 is 9.53 Å². The van der Waals surface area contributed by atoms with Gasteiger partial charge in [-0.25, -0.2) is 9.78 Å². The minimum Gasteiger partial charge on any atom is -0.462 e. The first kappa shape index (κ1) is 10.4. The number of nitrogens with zero attached hydrogens (tertiary/aromatic N) is 1. The third-order valence-electron chi connectivity index (χ3n) is 2.25. The predicted octanol–water partition coefficient (Wildman–Crippen LogP) is 1.99. The first-order chi connectivity index (χ1) is 7.70. The van der Waals surface area contributed by atoms with Gasteiger partial charge in [0.1, 0.15) is 5.82 Å². The van der Waals surface area contributed by atoms with Crippen LogP contribution in [0, 0.1) is 0 Å². The summed E-state index contributed by atoms with van der Waals surface area (Å²) in [5, 5.41) is 1.83. The standard InChI is InChI=1S/C12H12N2O2/c1-2-16-12(15)8-3-4-9-7-14-11(13)6-10(9)5-8/h3-7H,2H2,1H3,(H2,13,14). The third kappa shape index (κ3) is 1.95. The van der Waals surface area contributed by atoms with Gasteiger partial charge in [0.2, 0.25) is 0 Å². The van der Waals surface area contributed by atoms with Crippen LogP contribution in [-0.2, 0) is 4.74 Å². The van der Waals surface area contributed by atoms with Gasteiger partial charge in [0.25, 0.3) is 0 Å². The van der Waals surface area contributed by atoms with Gasteiger partial charge in [0.15, 0.2) is 0 Å². The van der Waals surface area contributed by atoms with E-state index in [1.165, 1.54) is 0 Å². The summed E-state index contributed by atoms with van der Waals surface area (Å²) in [6.45, 7) is 2.15. The lowest BCUT2D eigenvalue weighted by molar-refractivity contribution is 0.0526. The molecule has 0 saturated heterocycles. The first-order valence-corrected chi connectivity index (χ1v) is 5.03. The molecule has 0 saturated carbocycles. The van der Waals surface area contributed by atoms with Crippen LogP contribution in [0.1, 0.15) is 17.3 Å². The number of anilines is 1. The number of aromatic nitrogens is 1. The fraction of sp³-hybridized carbons (Fsp3) is 0.167. The number of pyridine rings is 1. The largest absolute Gasteiger partial charge is 0.462 e. The van der Waals surface area contributed by atoms with Gasteiger partial charge < -0.3 is 10.5 Å². The molecule has 1 aromatic heterocycles. The van der Waals surface area contributed by atoms with E-state index in [1.807, 2.05) is 6.07 Å². The van der Waals surface area contributed by atoms with E-state index in [0.29, 0.717) is 18.0 Å². The van der Waals surface area contributed by atoms with Gasteiger partial charge in [-0.3, -0.25) is 0 Å². The summed E-state index contributed by atoms with van der Waals surface area (Å²) in [4.78, 5) is 15.5. The summed E-state index contributed by atoms with van der Waals surface area (Å²) in [6.07, 6.45) is 1.68. The molecule has 2 aromatic rings. The Balaban J connectivity index is 2.46. The van der Waals surface area contributed by atoms with Crippen molar-refractivity contribution in [3.05, 3.63) is 36.0 Å². The van der Waals surface area contributed by atoms with Crippen molar-refractivity contribution in [3.63, 3.8) is 0 Å². The number of ether oxygens (including phenoxy) is 1. The normalized spacial score (nSPS) is 10.3. The Kier molecular flexibility index (Phi) is 2.72. The number of esters is 1. The highest BCUT2D eigenvalue weighted by atomic mass is 16.5. The molecule has 0 aliphatic rings. The predicted molar refractivity (Wildman–Crippen MR) is 62.1 cm³/mol. The Morgan fingerprint density at radius 1 is 1.38 bits per heavy atom. The molecule has 2 N–H and O–H groups in total. The Hall–Kier alpha value is -2.10. The van der Waals surface area contributed by atoms with Gasteiger partial charge in [-0.05, 0) is 30.5 Å². The molecule has 0 unspecified atom stereocenters. The Morgan fingerprint density at radius 2 is 2.19 bits per heavy atom. The van der Waals surface area contributed by atoms with Crippen LogP contribution in [0.15, 0.2) is 30.5 Å². The molecule has 0 bridgehead atoms. The van der Waals surface area contributed by atoms with Gasteiger partial charge in [-0.15, -0.1) is 0 Å². The summed E-state index contributed by atoms with van der Waals surface area (Å²) in [5.41, 5.74) is 6.11. The zero-order valence-corrected chi connectivity index (χ0v) is 8.93. The molecule has 2 rings (SSSR count). The lowest BCUT2D eigenvalue weighted by Gasteiger charge is -2.03. The molecular formula is C12H12N2O2. The number of carbonyl (C=O) groups excluding carboxylic acids is 1. The average molecular weight is 216 g/mol. The van der Waals surface area contributed by atoms with Crippen LogP contribution >= 0.6 is 0 Å². The maximum absolute atomic E-state index is 11.5. The SMILES string of the molecule is CCOC(=O)c1ccc2cnc(N)cc2c1. The number of nitrogen functional groups attached to an aromatic ring is 1. The zero-order chi connectivity index (χ0) is 11.5. The van der Waals surface area contributed by atoms with Crippen molar-refractivity contribution in [2.45, 2.75) is 6.92 Å². The van der Waals surface area contributed by atoms with E-state index in [2.05, 4.69) is 4.98 Å². The van der Waals surface area contributed by atoms with Gasteiger partial charge >= 0.3 is 5.97 Å². The van der Waals surface area contributed by atoms with E-state index < -0.39 is 0 Å². The average Bonchev–Trinajstić information content (AvgIpc) is 2.28. The van der Waals surface area contributed by atoms with Crippen LogP contribution < -0.4 is 5.73 Å². The maximum Gasteiger partial charge on any atom is 0.338 e. The van der Waals surface area contributed by atoms with Crippen LogP contribution in [-0.4, -0.2) is 17.6 Å². The molecule has 0 aliphatic heterocycles. The van der Waals surface area contributed by atoms with Crippen LogP contribution in [0.3, 0.4) is 0 Å². The van der Waals surface area contributed by atoms with E-state index >= 15 is 0 Å². The molecule has 4 heteroatoms. The molecular weight excluding hydrogens is 204 g/mol. The number of nitrogens with two attached hydrogens (primary N) is 1. The van der Waals surface area contributed by atoms with Crippen LogP contribution in [0.25, 0.3) is 10.8 Å². The highest BCUT2D eigenvalue weighted by molar-refractivity contribution is 5.95. The van der Waals surface area contributed by atoms with Crippen molar-refractivity contribution in [3.8, 4) is 0 Å². The summed E-state index contributed by atoms with van der Waals surface area (Å²) >= 11 is 0. The van der Waals surface area contributed by atoms with Crippen molar-refractivity contribution in [1.29, 1.82) is 0 Å². The molecule has 0 spiro atoms. The second-order valence-electron chi connectivity index (χ2n) is 3.39. The Bertz CT molecular complexity index is 538. The maximum atomic E-state index is 11.5. The summed E-state index contributed by atoms with van der Waals surface area (Å²) in [5.74, 6) is 0.119. The van der Waals surface area contributed by atoms with E-state index in [0.717, 1.165) is 10.8 Å². The first-order valence-electron chi connectivity index (χ1n) is 5.03. The zero-order valence-electron chi connectivity index (χ0n) is 8.93. The van der Waals surface area contributed by atoms with Crippen LogP contribution in [0.4, 0.5) is 5.82 Å². The van der Waals surface area contributed by atoms with Crippen molar-refractivity contribution in [2.75, 3.05) is 12.3 Å². The smallest absolute Gasteiger partial charge is 0.338 e. The van der Waals surface area contributed by atoms with Gasteiger partial charge in [-0.1, -0.05) is 6.07 Å². The lowest BCUT2D eigenvalue weighted by Crippen LogP contribution is -2.04. The monoisotopic (exact) mass is 216 g/mol. The van der Waals surface area contributed by atoms with E-state index in [9.17, 15) is 4.79 Å². The summed E-state index contributed by atoms with van der Waals surface area (Å²) < 4.78 is 4.92. The number of benzene rings is 1. The van der Waals surface area contributed by atoms with E-state index in [1.54, 1.807) is 31.3 Å². The number of rotatable bonds is 2. The second-order valence-corrected chi connectivity index (χ2v) is 3.39. The fourth-order valence-corrected chi connectivity index (χ4v) is 1.50. The van der Waals surface area contributed by atoms with Crippen molar-refractivity contribution in [2.24, 2.45) is 0 Å². The Labute approximate surface area is 93.0 Å². The lowest BCUT2D eigenvalue weighted by atomic mass is 10.1. The molecule has 1 aromatic carbocycles. The molecule has 0 radical (unpaired) electrons. The van der Waals surface area contributed by atoms with Gasteiger partial charge in [0.05, 0.1) is 12.2 Å². The fourth-order valence-electron chi connectivity index (χ4n) is 1.50. The number of hydrogen-bond acceptors (Lipinski definition) is 4. The van der Waals surface area contributed by atoms with Gasteiger partial charge in [-0.2, -0.15) is 0 Å². The molecule has 82 valence electrons. The van der Waals surface area contributed by atoms with Crippen molar-refractivity contribution >= 4 is 22.6 Å². The summed E-state index contributed by atoms with van der Waals surface area (Å²) in [7, 11) is 0. The number of carbonyl (C=O) groups is 1. The minimum absolute atomic E-state index is 0.320. The summed E-state index contributed by atoms with van der Waals surface area (Å²) in [6, 6.07) is 7.04. The highest BCUT2D eigenvalue weighted by Crippen LogP contribution is 2.17. The number of hydrogen-bond donors (Lipinski definition) is 1. The van der Waals surface area contributed by atoms with Crippen LogP contribution in [0.5, 0.6) is 0 Å². The van der Waals surface area contributed by atoms with Crippen molar-refractivity contribution in [1.82, 2.24) is 4.98 Å². The molecule has 0 fully saturated rings. The molecule has 0 amide bonds. The minimum atomic E-state index is -0.320. The quantitative estimate of drug-likeness (QED) is 0.780. The molecule has 16 heavy (non-hydrogen) atoms.